The van der Waals surface area contributed by atoms with Crippen LogP contribution in [0.4, 0.5) is 0 Å². The van der Waals surface area contributed by atoms with E-state index < -0.39 is 0 Å². The number of unbranched alkanes of at least 4 members (excludes halogenated alkanes) is 1. The molecule has 0 aliphatic carbocycles. The van der Waals surface area contributed by atoms with Crippen LogP contribution in [0.5, 0.6) is 0 Å². The summed E-state index contributed by atoms with van der Waals surface area (Å²) in [7, 11) is 0. The predicted octanol–water partition coefficient (Wildman–Crippen LogP) is 1.36. The van der Waals surface area contributed by atoms with Crippen molar-refractivity contribution in [2.75, 3.05) is 19.8 Å². The molecule has 0 saturated heterocycles. The Kier molecular flexibility index (Phi) is 8.10. The molecule has 114 valence electrons. The first kappa shape index (κ1) is 17.2. The molecule has 21 heavy (non-hydrogen) atoms. The molecule has 0 aliphatic rings. The maximum absolute atomic E-state index is 11.8. The minimum absolute atomic E-state index is 0.192. The number of ether oxygens (including phenoxy) is 1. The highest BCUT2D eigenvalue weighted by Gasteiger charge is 2.05. The molecular weight excluding hydrogens is 268 g/mol. The third-order valence-electron chi connectivity index (χ3n) is 2.62. The molecule has 0 bridgehead atoms. The summed E-state index contributed by atoms with van der Waals surface area (Å²) in [6.45, 7) is 5.13. The van der Waals surface area contributed by atoms with Crippen LogP contribution in [0, 0.1) is 11.8 Å². The van der Waals surface area contributed by atoms with Crippen LogP contribution >= 0.6 is 0 Å². The maximum Gasteiger partial charge on any atom is 0.269 e. The second-order valence-corrected chi connectivity index (χ2v) is 4.77. The van der Waals surface area contributed by atoms with Crippen LogP contribution in [0.2, 0.25) is 0 Å². The molecule has 0 fully saturated rings. The molecule has 0 spiro atoms. The number of aromatic nitrogens is 1. The van der Waals surface area contributed by atoms with Gasteiger partial charge in [-0.15, -0.1) is 0 Å². The fraction of sp³-hybridized carbons (Fsp3) is 0.500. The second-order valence-electron chi connectivity index (χ2n) is 4.77. The third-order valence-corrected chi connectivity index (χ3v) is 2.62. The highest BCUT2D eigenvalue weighted by Crippen LogP contribution is 1.99. The average Bonchev–Trinajstić information content (AvgIpc) is 2.48. The monoisotopic (exact) mass is 290 g/mol. The lowest BCUT2D eigenvalue weighted by Crippen LogP contribution is -2.25. The fourth-order valence-electron chi connectivity index (χ4n) is 1.58. The van der Waals surface area contributed by atoms with Crippen LogP contribution in [-0.4, -0.2) is 41.9 Å². The van der Waals surface area contributed by atoms with Crippen molar-refractivity contribution in [1.82, 2.24) is 10.3 Å². The Balaban J connectivity index is 2.29. The molecule has 0 radical (unpaired) electrons. The zero-order valence-corrected chi connectivity index (χ0v) is 12.6. The summed E-state index contributed by atoms with van der Waals surface area (Å²) in [5, 5.41) is 11.4. The van der Waals surface area contributed by atoms with Crippen LogP contribution in [0.1, 0.15) is 42.7 Å². The average molecular weight is 290 g/mol. The van der Waals surface area contributed by atoms with Gasteiger partial charge in [0.15, 0.2) is 0 Å². The molecule has 1 aromatic rings. The standard InChI is InChI=1S/C16H22N2O3/c1-13(2)21-11-4-3-9-17-16(20)15-8-7-14(12-18-15)6-5-10-19/h7-8,12-13,19H,3-4,9-11H2,1-2H3,(H,17,20). The summed E-state index contributed by atoms with van der Waals surface area (Å²) in [5.74, 6) is 5.06. The lowest BCUT2D eigenvalue weighted by Gasteiger charge is -2.07. The number of rotatable bonds is 7. The summed E-state index contributed by atoms with van der Waals surface area (Å²) in [5.41, 5.74) is 1.04. The van der Waals surface area contributed by atoms with Gasteiger partial charge in [0.1, 0.15) is 12.3 Å². The molecule has 2 N–H and O–H groups in total. The van der Waals surface area contributed by atoms with Crippen LogP contribution in [0.15, 0.2) is 18.3 Å². The minimum Gasteiger partial charge on any atom is -0.384 e. The first-order chi connectivity index (χ1) is 10.1. The number of nitrogens with one attached hydrogen (secondary N) is 1. The van der Waals surface area contributed by atoms with Crippen molar-refractivity contribution in [3.8, 4) is 11.8 Å². The van der Waals surface area contributed by atoms with E-state index in [1.807, 2.05) is 13.8 Å². The summed E-state index contributed by atoms with van der Waals surface area (Å²) < 4.78 is 5.42. The number of aliphatic hydroxyl groups is 1. The van der Waals surface area contributed by atoms with Crippen LogP contribution < -0.4 is 5.32 Å². The maximum atomic E-state index is 11.8. The van der Waals surface area contributed by atoms with Crippen molar-refractivity contribution in [2.45, 2.75) is 32.8 Å². The van der Waals surface area contributed by atoms with Crippen LogP contribution in [0.3, 0.4) is 0 Å². The Labute approximate surface area is 125 Å². The van der Waals surface area contributed by atoms with Gasteiger partial charge in [0.2, 0.25) is 0 Å². The van der Waals surface area contributed by atoms with Gasteiger partial charge in [0.25, 0.3) is 5.91 Å². The third kappa shape index (κ3) is 7.45. The van der Waals surface area contributed by atoms with E-state index >= 15 is 0 Å². The van der Waals surface area contributed by atoms with E-state index in [1.165, 1.54) is 6.20 Å². The molecule has 1 rings (SSSR count). The number of hydrogen-bond donors (Lipinski definition) is 2. The molecule has 0 aromatic carbocycles. The van der Waals surface area contributed by atoms with E-state index in [0.29, 0.717) is 24.4 Å². The molecular formula is C16H22N2O3. The van der Waals surface area contributed by atoms with Gasteiger partial charge >= 0.3 is 0 Å². The number of hydrogen-bond acceptors (Lipinski definition) is 4. The van der Waals surface area contributed by atoms with Crippen molar-refractivity contribution in [1.29, 1.82) is 0 Å². The van der Waals surface area contributed by atoms with Crippen molar-refractivity contribution >= 4 is 5.91 Å². The number of aliphatic hydroxyl groups excluding tert-OH is 1. The van der Waals surface area contributed by atoms with E-state index in [-0.39, 0.29) is 18.6 Å². The zero-order chi connectivity index (χ0) is 15.5. The molecule has 1 aromatic heterocycles. The van der Waals surface area contributed by atoms with E-state index in [1.54, 1.807) is 12.1 Å². The topological polar surface area (TPSA) is 71.5 Å². The Morgan fingerprint density at radius 2 is 2.24 bits per heavy atom. The lowest BCUT2D eigenvalue weighted by molar-refractivity contribution is 0.0754. The molecule has 0 aliphatic heterocycles. The van der Waals surface area contributed by atoms with Crippen molar-refractivity contribution in [2.24, 2.45) is 0 Å². The summed E-state index contributed by atoms with van der Waals surface area (Å²) in [4.78, 5) is 15.9. The van der Waals surface area contributed by atoms with Gasteiger partial charge in [-0.05, 0) is 38.8 Å². The van der Waals surface area contributed by atoms with Crippen LogP contribution in [-0.2, 0) is 4.74 Å². The molecule has 0 saturated carbocycles. The quantitative estimate of drug-likeness (QED) is 0.587. The first-order valence-electron chi connectivity index (χ1n) is 7.09. The van der Waals surface area contributed by atoms with Crippen molar-refractivity contribution < 1.29 is 14.6 Å². The number of carbonyl (C=O) groups excluding carboxylic acids is 1. The SMILES string of the molecule is CC(C)OCCCCNC(=O)c1ccc(C#CCO)cn1. The molecule has 1 heterocycles. The van der Waals surface area contributed by atoms with Crippen LogP contribution in [0.25, 0.3) is 0 Å². The van der Waals surface area contributed by atoms with Gasteiger partial charge in [-0.2, -0.15) is 0 Å². The van der Waals surface area contributed by atoms with E-state index in [4.69, 9.17) is 9.84 Å². The Morgan fingerprint density at radius 3 is 2.86 bits per heavy atom. The summed E-state index contributed by atoms with van der Waals surface area (Å²) in [6.07, 6.45) is 3.56. The number of carbonyl (C=O) groups is 1. The smallest absolute Gasteiger partial charge is 0.269 e. The van der Waals surface area contributed by atoms with Gasteiger partial charge in [-0.1, -0.05) is 11.8 Å². The van der Waals surface area contributed by atoms with Gasteiger partial charge in [-0.3, -0.25) is 4.79 Å². The summed E-state index contributed by atoms with van der Waals surface area (Å²) >= 11 is 0. The van der Waals surface area contributed by atoms with E-state index in [0.717, 1.165) is 12.8 Å². The van der Waals surface area contributed by atoms with Crippen molar-refractivity contribution in [3.05, 3.63) is 29.6 Å². The number of nitrogens with zero attached hydrogens (tertiary/aromatic N) is 1. The Hall–Kier alpha value is -1.90. The van der Waals surface area contributed by atoms with Gasteiger partial charge in [-0.25, -0.2) is 4.98 Å². The normalized spacial score (nSPS) is 10.1. The summed E-state index contributed by atoms with van der Waals surface area (Å²) in [6, 6.07) is 3.33. The van der Waals surface area contributed by atoms with E-state index in [9.17, 15) is 4.79 Å². The highest BCUT2D eigenvalue weighted by molar-refractivity contribution is 5.92. The first-order valence-corrected chi connectivity index (χ1v) is 7.09. The molecule has 0 unspecified atom stereocenters. The number of amides is 1. The second kappa shape index (κ2) is 9.92. The fourth-order valence-corrected chi connectivity index (χ4v) is 1.58. The Morgan fingerprint density at radius 1 is 1.43 bits per heavy atom. The van der Waals surface area contributed by atoms with E-state index in [2.05, 4.69) is 22.1 Å². The molecule has 0 atom stereocenters. The zero-order valence-electron chi connectivity index (χ0n) is 12.6. The number of pyridine rings is 1. The molecule has 5 nitrogen and oxygen atoms in total. The molecule has 1 amide bonds. The largest absolute Gasteiger partial charge is 0.384 e. The van der Waals surface area contributed by atoms with Gasteiger partial charge < -0.3 is 15.2 Å². The van der Waals surface area contributed by atoms with Gasteiger partial charge in [0, 0.05) is 24.9 Å². The lowest BCUT2D eigenvalue weighted by atomic mass is 10.2. The Bertz CT molecular complexity index is 486. The van der Waals surface area contributed by atoms with Crippen molar-refractivity contribution in [3.63, 3.8) is 0 Å². The predicted molar refractivity (Wildman–Crippen MR) is 80.9 cm³/mol. The molecule has 5 heteroatoms. The van der Waals surface area contributed by atoms with Gasteiger partial charge in [0.05, 0.1) is 6.10 Å². The highest BCUT2D eigenvalue weighted by atomic mass is 16.5. The minimum atomic E-state index is -0.193.